The average Bonchev–Trinajstić information content (AvgIpc) is 2.65. The summed E-state index contributed by atoms with van der Waals surface area (Å²) in [6, 6.07) is 0. The monoisotopic (exact) mass is 155 g/mol. The summed E-state index contributed by atoms with van der Waals surface area (Å²) in [4.78, 5) is 21.8. The Hall–Kier alpha value is -0.940. The van der Waals surface area contributed by atoms with Gasteiger partial charge in [0.15, 0.2) is 0 Å². The minimum absolute atomic E-state index is 0.243. The normalized spacial score (nSPS) is 52.0. The molecule has 3 aliphatic heterocycles. The van der Waals surface area contributed by atoms with Gasteiger partial charge in [-0.1, -0.05) is 0 Å². The molecule has 3 saturated heterocycles. The Morgan fingerprint density at radius 3 is 2.82 bits per heavy atom. The zero-order chi connectivity index (χ0) is 7.69. The molecule has 0 aromatic carbocycles. The van der Waals surface area contributed by atoms with E-state index in [1.165, 1.54) is 0 Å². The SMILES string of the molecule is O=C1CCC23OC2(O3)C(=O)N1. The number of ether oxygens (including phenoxy) is 2. The smallest absolute Gasteiger partial charge is 0.299 e. The fourth-order valence-electron chi connectivity index (χ4n) is 1.50. The van der Waals surface area contributed by atoms with Crippen molar-refractivity contribution in [2.75, 3.05) is 0 Å². The third kappa shape index (κ3) is 0.439. The Balaban J connectivity index is 1.96. The first-order chi connectivity index (χ1) is 5.19. The summed E-state index contributed by atoms with van der Waals surface area (Å²) in [5.41, 5.74) is 0. The van der Waals surface area contributed by atoms with E-state index < -0.39 is 17.5 Å². The summed E-state index contributed by atoms with van der Waals surface area (Å²) in [5.74, 6) is -2.45. The van der Waals surface area contributed by atoms with Crippen LogP contribution in [0.25, 0.3) is 0 Å². The van der Waals surface area contributed by atoms with Crippen LogP contribution in [-0.2, 0) is 19.1 Å². The quantitative estimate of drug-likeness (QED) is 0.355. The predicted molar refractivity (Wildman–Crippen MR) is 30.0 cm³/mol. The molecule has 5 nitrogen and oxygen atoms in total. The molecule has 0 bridgehead atoms. The molecule has 2 amide bonds. The first-order valence-corrected chi connectivity index (χ1v) is 3.43. The number of imide groups is 1. The minimum Gasteiger partial charge on any atom is -0.299 e. The molecule has 0 aliphatic carbocycles. The van der Waals surface area contributed by atoms with Crippen LogP contribution in [0, 0.1) is 0 Å². The Bertz CT molecular complexity index is 278. The van der Waals surface area contributed by atoms with E-state index in [1.54, 1.807) is 0 Å². The zero-order valence-corrected chi connectivity index (χ0v) is 5.55. The number of epoxide rings is 2. The number of amides is 2. The molecule has 0 atom stereocenters. The largest absolute Gasteiger partial charge is 0.311 e. The van der Waals surface area contributed by atoms with Crippen LogP contribution in [0.3, 0.4) is 0 Å². The van der Waals surface area contributed by atoms with Crippen LogP contribution in [0.15, 0.2) is 0 Å². The van der Waals surface area contributed by atoms with E-state index >= 15 is 0 Å². The van der Waals surface area contributed by atoms with Crippen LogP contribution in [0.4, 0.5) is 0 Å². The zero-order valence-electron chi connectivity index (χ0n) is 5.55. The Kier molecular flexibility index (Phi) is 0.624. The molecular formula is C6H5NO4. The molecule has 3 rings (SSSR count). The van der Waals surface area contributed by atoms with Crippen LogP contribution < -0.4 is 5.32 Å². The lowest BCUT2D eigenvalue weighted by molar-refractivity contribution is -0.155. The standard InChI is InChI=1S/C6H5NO4/c8-3-1-2-5-6(10-5,11-5)4(9)7-3/h1-2H2,(H,7,8,9). The highest BCUT2D eigenvalue weighted by Gasteiger charge is 2.95. The van der Waals surface area contributed by atoms with Crippen LogP contribution in [0.1, 0.15) is 12.8 Å². The Morgan fingerprint density at radius 1 is 1.36 bits per heavy atom. The highest BCUT2D eigenvalue weighted by Crippen LogP contribution is 2.70. The van der Waals surface area contributed by atoms with E-state index in [0.29, 0.717) is 12.8 Å². The summed E-state index contributed by atoms with van der Waals surface area (Å²) >= 11 is 0. The van der Waals surface area contributed by atoms with Crippen molar-refractivity contribution < 1.29 is 19.1 Å². The maximum Gasteiger partial charge on any atom is 0.311 e. The van der Waals surface area contributed by atoms with Gasteiger partial charge in [0.1, 0.15) is 0 Å². The molecule has 11 heavy (non-hydrogen) atoms. The van der Waals surface area contributed by atoms with Gasteiger partial charge in [0, 0.05) is 12.8 Å². The second-order valence-electron chi connectivity index (χ2n) is 2.95. The van der Waals surface area contributed by atoms with Crippen molar-refractivity contribution in [3.63, 3.8) is 0 Å². The van der Waals surface area contributed by atoms with Crippen molar-refractivity contribution >= 4 is 11.8 Å². The van der Waals surface area contributed by atoms with E-state index in [0.717, 1.165) is 0 Å². The van der Waals surface area contributed by atoms with Gasteiger partial charge in [-0.05, 0) is 0 Å². The van der Waals surface area contributed by atoms with Gasteiger partial charge in [-0.3, -0.25) is 24.4 Å². The van der Waals surface area contributed by atoms with Crippen LogP contribution in [-0.4, -0.2) is 23.4 Å². The maximum atomic E-state index is 11.0. The van der Waals surface area contributed by atoms with Gasteiger partial charge in [0.05, 0.1) is 0 Å². The van der Waals surface area contributed by atoms with Gasteiger partial charge in [0.2, 0.25) is 11.7 Å². The lowest BCUT2D eigenvalue weighted by atomic mass is 10.2. The molecule has 58 valence electrons. The Labute approximate surface area is 61.6 Å². The Morgan fingerprint density at radius 2 is 2.09 bits per heavy atom. The molecule has 0 aromatic rings. The second kappa shape index (κ2) is 1.21. The number of rotatable bonds is 0. The molecule has 0 spiro atoms. The highest BCUT2D eigenvalue weighted by atomic mass is 17.0. The maximum absolute atomic E-state index is 11.0. The first-order valence-electron chi connectivity index (χ1n) is 3.43. The van der Waals surface area contributed by atoms with E-state index in [4.69, 9.17) is 9.47 Å². The number of hydrogen-bond donors (Lipinski definition) is 1. The van der Waals surface area contributed by atoms with Crippen LogP contribution in [0.5, 0.6) is 0 Å². The molecule has 0 saturated carbocycles. The van der Waals surface area contributed by atoms with Crippen LogP contribution >= 0.6 is 0 Å². The molecule has 0 unspecified atom stereocenters. The molecular weight excluding hydrogens is 150 g/mol. The first kappa shape index (κ1) is 5.68. The third-order valence-electron chi connectivity index (χ3n) is 2.27. The van der Waals surface area contributed by atoms with E-state index in [2.05, 4.69) is 5.32 Å². The molecule has 1 N–H and O–H groups in total. The van der Waals surface area contributed by atoms with Gasteiger partial charge < -0.3 is 0 Å². The molecule has 3 aliphatic rings. The van der Waals surface area contributed by atoms with Gasteiger partial charge in [-0.2, -0.15) is 0 Å². The molecule has 0 radical (unpaired) electrons. The third-order valence-corrected chi connectivity index (χ3v) is 2.27. The molecule has 3 fully saturated rings. The summed E-state index contributed by atoms with van der Waals surface area (Å²) < 4.78 is 9.99. The number of hydrogen-bond acceptors (Lipinski definition) is 4. The molecule has 3 heterocycles. The van der Waals surface area contributed by atoms with E-state index in [1.807, 2.05) is 0 Å². The highest BCUT2D eigenvalue weighted by molar-refractivity contribution is 6.04. The van der Waals surface area contributed by atoms with Crippen molar-refractivity contribution in [2.45, 2.75) is 24.4 Å². The summed E-state index contributed by atoms with van der Waals surface area (Å²) in [7, 11) is 0. The van der Waals surface area contributed by atoms with Crippen molar-refractivity contribution in [1.29, 1.82) is 0 Å². The predicted octanol–water partition coefficient (Wildman–Crippen LogP) is -1.12. The second-order valence-corrected chi connectivity index (χ2v) is 2.95. The van der Waals surface area contributed by atoms with Crippen molar-refractivity contribution in [2.24, 2.45) is 0 Å². The average molecular weight is 155 g/mol. The van der Waals surface area contributed by atoms with Crippen LogP contribution in [0.2, 0.25) is 0 Å². The molecule has 5 heteroatoms. The number of nitrogens with one attached hydrogen (secondary N) is 1. The van der Waals surface area contributed by atoms with Gasteiger partial charge >= 0.3 is 5.79 Å². The fraction of sp³-hybridized carbons (Fsp3) is 0.667. The number of carbonyl (C=O) groups is 2. The van der Waals surface area contributed by atoms with Gasteiger partial charge in [0.25, 0.3) is 5.91 Å². The lowest BCUT2D eigenvalue weighted by Crippen LogP contribution is -2.36. The topological polar surface area (TPSA) is 71.2 Å². The number of carbonyl (C=O) groups excluding carboxylic acids is 2. The fourth-order valence-corrected chi connectivity index (χ4v) is 1.50. The summed E-state index contributed by atoms with van der Waals surface area (Å²) in [6.45, 7) is 0. The van der Waals surface area contributed by atoms with Crippen molar-refractivity contribution in [1.82, 2.24) is 5.32 Å². The minimum atomic E-state index is -1.06. The van der Waals surface area contributed by atoms with Crippen molar-refractivity contribution in [3.05, 3.63) is 0 Å². The van der Waals surface area contributed by atoms with E-state index in [9.17, 15) is 9.59 Å². The molecule has 0 aromatic heterocycles. The van der Waals surface area contributed by atoms with Gasteiger partial charge in [-0.25, -0.2) is 0 Å². The summed E-state index contributed by atoms with van der Waals surface area (Å²) in [5, 5.41) is 2.18. The lowest BCUT2D eigenvalue weighted by Gasteiger charge is -2.05. The van der Waals surface area contributed by atoms with Crippen molar-refractivity contribution in [3.8, 4) is 0 Å². The summed E-state index contributed by atoms with van der Waals surface area (Å²) in [6.07, 6.45) is 0.790. The van der Waals surface area contributed by atoms with Gasteiger partial charge in [-0.15, -0.1) is 0 Å². The van der Waals surface area contributed by atoms with E-state index in [-0.39, 0.29) is 5.91 Å².